The van der Waals surface area contributed by atoms with Crippen LogP contribution >= 0.6 is 12.2 Å². The number of benzene rings is 1. The van der Waals surface area contributed by atoms with Crippen molar-refractivity contribution in [2.24, 2.45) is 0 Å². The third-order valence-corrected chi connectivity index (χ3v) is 1.22. The first kappa shape index (κ1) is 12.0. The van der Waals surface area contributed by atoms with Crippen LogP contribution in [0, 0.1) is 0 Å². The molecule has 0 saturated carbocycles. The van der Waals surface area contributed by atoms with Gasteiger partial charge in [0.1, 0.15) is 0 Å². The molecule has 0 bridgehead atoms. The number of hydrogen-bond donors (Lipinski definition) is 1. The summed E-state index contributed by atoms with van der Waals surface area (Å²) in [5.41, 5.74) is 0.947. The monoisotopic (exact) mass is 207 g/mol. The molecule has 4 heteroatoms. The van der Waals surface area contributed by atoms with Gasteiger partial charge in [0.25, 0.3) is 0 Å². The van der Waals surface area contributed by atoms with E-state index >= 15 is 0 Å². The Labute approximate surface area is 120 Å². The van der Waals surface area contributed by atoms with Gasteiger partial charge in [-0.2, -0.15) is 0 Å². The second-order valence-corrected chi connectivity index (χ2v) is 2.85. The number of rotatable bonds is 1. The molecule has 1 aromatic carbocycles. The molecule has 0 aliphatic carbocycles. The number of nitrogens with one attached hydrogen (secondary N) is 1. The van der Waals surface area contributed by atoms with Crippen LogP contribution in [0.25, 0.3) is 0 Å². The van der Waals surface area contributed by atoms with Gasteiger partial charge >= 0.3 is 51.4 Å². The molecular weight excluding hydrogens is 201 g/mol. The standard InChI is InChI=1S/C7H7NS2.K/c9-7(10)8-6-4-2-1-3-5-6;/h1-5H,(H2,8,9,10);/q;+1/p-1. The molecule has 0 aromatic heterocycles. The maximum Gasteiger partial charge on any atom is 1.00 e. The van der Waals surface area contributed by atoms with Gasteiger partial charge in [0.15, 0.2) is 0 Å². The average molecular weight is 207 g/mol. The largest absolute Gasteiger partial charge is 1.00 e. The molecule has 0 atom stereocenters. The van der Waals surface area contributed by atoms with Gasteiger partial charge in [-0.3, -0.25) is 0 Å². The first-order chi connectivity index (χ1) is 4.79. The van der Waals surface area contributed by atoms with Crippen molar-refractivity contribution in [3.8, 4) is 0 Å². The van der Waals surface area contributed by atoms with Crippen LogP contribution in [0.2, 0.25) is 0 Å². The van der Waals surface area contributed by atoms with E-state index in [1.807, 2.05) is 30.3 Å². The van der Waals surface area contributed by atoms with Gasteiger partial charge < -0.3 is 30.2 Å². The van der Waals surface area contributed by atoms with Crippen molar-refractivity contribution in [3.63, 3.8) is 0 Å². The normalized spacial score (nSPS) is 8.00. The first-order valence-corrected chi connectivity index (χ1v) is 3.64. The summed E-state index contributed by atoms with van der Waals surface area (Å²) in [5, 5.41) is 2.85. The molecule has 0 amide bonds. The predicted molar refractivity (Wildman–Crippen MR) is 50.0 cm³/mol. The van der Waals surface area contributed by atoms with Crippen molar-refractivity contribution in [2.75, 3.05) is 5.32 Å². The van der Waals surface area contributed by atoms with Gasteiger partial charge in [0, 0.05) is 5.69 Å². The van der Waals surface area contributed by atoms with Gasteiger partial charge in [0.2, 0.25) is 0 Å². The Morgan fingerprint density at radius 3 is 2.27 bits per heavy atom. The van der Waals surface area contributed by atoms with Gasteiger partial charge in [-0.25, -0.2) is 0 Å². The van der Waals surface area contributed by atoms with Gasteiger partial charge in [0.05, 0.1) is 0 Å². The molecule has 0 spiro atoms. The maximum absolute atomic E-state index is 4.68. The molecule has 1 rings (SSSR count). The minimum absolute atomic E-state index is 0. The van der Waals surface area contributed by atoms with E-state index in [0.29, 0.717) is 4.32 Å². The third-order valence-electron chi connectivity index (χ3n) is 1.02. The van der Waals surface area contributed by atoms with Gasteiger partial charge in [-0.1, -0.05) is 22.5 Å². The van der Waals surface area contributed by atoms with Gasteiger partial charge in [-0.05, 0) is 12.1 Å². The average Bonchev–Trinajstić information content (AvgIpc) is 1.88. The fourth-order valence-electron chi connectivity index (χ4n) is 0.639. The molecule has 52 valence electrons. The second-order valence-electron chi connectivity index (χ2n) is 1.78. The third kappa shape index (κ3) is 5.24. The number of anilines is 1. The van der Waals surface area contributed by atoms with Crippen molar-refractivity contribution in [2.45, 2.75) is 0 Å². The summed E-state index contributed by atoms with van der Waals surface area (Å²) in [6, 6.07) is 9.63. The molecule has 0 aliphatic heterocycles. The Morgan fingerprint density at radius 2 is 1.82 bits per heavy atom. The minimum atomic E-state index is 0. The molecule has 1 aromatic rings. The second kappa shape index (κ2) is 6.48. The molecule has 1 nitrogen and oxygen atoms in total. The smallest absolute Gasteiger partial charge is 0.411 e. The molecule has 0 unspecified atom stereocenters. The van der Waals surface area contributed by atoms with E-state index in [0.717, 1.165) is 5.69 Å². The van der Waals surface area contributed by atoms with Crippen LogP contribution in [0.1, 0.15) is 0 Å². The SMILES string of the molecule is S=C([S-])Nc1ccccc1.[K+]. The zero-order chi connectivity index (χ0) is 7.40. The maximum atomic E-state index is 4.68. The Hall–Kier alpha value is 0.966. The van der Waals surface area contributed by atoms with E-state index in [1.54, 1.807) is 0 Å². The number of hydrogen-bond acceptors (Lipinski definition) is 2. The summed E-state index contributed by atoms with van der Waals surface area (Å²) in [6.45, 7) is 0. The molecule has 0 heterocycles. The van der Waals surface area contributed by atoms with E-state index < -0.39 is 0 Å². The summed E-state index contributed by atoms with van der Waals surface area (Å²) in [5.74, 6) is 0. The van der Waals surface area contributed by atoms with E-state index in [9.17, 15) is 0 Å². The van der Waals surface area contributed by atoms with Crippen LogP contribution in [0.4, 0.5) is 5.69 Å². The van der Waals surface area contributed by atoms with Crippen LogP contribution in [0.5, 0.6) is 0 Å². The van der Waals surface area contributed by atoms with Crippen molar-refractivity contribution in [3.05, 3.63) is 30.3 Å². The first-order valence-electron chi connectivity index (χ1n) is 2.82. The van der Waals surface area contributed by atoms with Crippen LogP contribution < -0.4 is 56.7 Å². The van der Waals surface area contributed by atoms with E-state index in [4.69, 9.17) is 0 Å². The Bertz CT molecular complexity index is 225. The van der Waals surface area contributed by atoms with Gasteiger partial charge in [-0.15, -0.1) is 0 Å². The van der Waals surface area contributed by atoms with E-state index in [2.05, 4.69) is 30.2 Å². The summed E-state index contributed by atoms with van der Waals surface area (Å²) >= 11 is 9.36. The molecule has 0 radical (unpaired) electrons. The van der Waals surface area contributed by atoms with Crippen molar-refractivity contribution < 1.29 is 51.4 Å². The van der Waals surface area contributed by atoms with Crippen molar-refractivity contribution >= 4 is 34.9 Å². The zero-order valence-corrected chi connectivity index (χ0v) is 11.0. The molecule has 0 saturated heterocycles. The topological polar surface area (TPSA) is 12.0 Å². The number of para-hydroxylation sites is 1. The van der Waals surface area contributed by atoms with Crippen LogP contribution in [-0.2, 0) is 12.6 Å². The Balaban J connectivity index is 0.000001000. The zero-order valence-electron chi connectivity index (χ0n) is 6.20. The summed E-state index contributed by atoms with van der Waals surface area (Å²) in [6.07, 6.45) is 0. The molecule has 1 N–H and O–H groups in total. The quantitative estimate of drug-likeness (QED) is 0.358. The summed E-state index contributed by atoms with van der Waals surface area (Å²) in [4.78, 5) is 0. The predicted octanol–water partition coefficient (Wildman–Crippen LogP) is -1.07. The van der Waals surface area contributed by atoms with Crippen molar-refractivity contribution in [1.29, 1.82) is 0 Å². The molecular formula is C7H6KNS2. The van der Waals surface area contributed by atoms with Crippen molar-refractivity contribution in [1.82, 2.24) is 0 Å². The Kier molecular flexibility index (Phi) is 7.05. The molecule has 0 aliphatic rings. The fraction of sp³-hybridized carbons (Fsp3) is 0. The molecule has 0 fully saturated rings. The van der Waals surface area contributed by atoms with Crippen LogP contribution in [-0.4, -0.2) is 4.32 Å². The summed E-state index contributed by atoms with van der Waals surface area (Å²) in [7, 11) is 0. The van der Waals surface area contributed by atoms with Crippen LogP contribution in [0.3, 0.4) is 0 Å². The minimum Gasteiger partial charge on any atom is -0.411 e. The Morgan fingerprint density at radius 1 is 1.27 bits per heavy atom. The van der Waals surface area contributed by atoms with Crippen LogP contribution in [0.15, 0.2) is 30.3 Å². The van der Waals surface area contributed by atoms with E-state index in [1.165, 1.54) is 0 Å². The number of thiocarbonyl (C=S) groups is 1. The van der Waals surface area contributed by atoms with E-state index in [-0.39, 0.29) is 51.4 Å². The fourth-order valence-corrected chi connectivity index (χ4v) is 0.875. The molecule has 11 heavy (non-hydrogen) atoms. The summed E-state index contributed by atoms with van der Waals surface area (Å²) < 4.78 is 0.381.